The number of nitrogens with one attached hydrogen (secondary N) is 1. The summed E-state index contributed by atoms with van der Waals surface area (Å²) in [7, 11) is 2.54. The summed E-state index contributed by atoms with van der Waals surface area (Å²) in [6, 6.07) is 6.80. The molecule has 0 saturated heterocycles. The molecule has 0 atom stereocenters. The monoisotopic (exact) mass is 521 g/mol. The molecule has 2 aromatic carbocycles. The molecule has 9 nitrogen and oxygen atoms in total. The zero-order valence-electron chi connectivity index (χ0n) is 20.8. The molecule has 2 N–H and O–H groups in total. The molecule has 38 heavy (non-hydrogen) atoms. The van der Waals surface area contributed by atoms with Gasteiger partial charge in [-0.1, -0.05) is 6.07 Å². The van der Waals surface area contributed by atoms with Crippen molar-refractivity contribution in [3.05, 3.63) is 53.2 Å². The van der Waals surface area contributed by atoms with Crippen molar-refractivity contribution in [3.63, 3.8) is 0 Å². The van der Waals surface area contributed by atoms with Gasteiger partial charge >= 0.3 is 0 Å². The van der Waals surface area contributed by atoms with Crippen molar-refractivity contribution >= 4 is 16.9 Å². The number of H-pyrrole nitrogens is 1. The molecule has 0 unspecified atom stereocenters. The molecule has 0 spiro atoms. The van der Waals surface area contributed by atoms with Crippen LogP contribution < -0.4 is 9.47 Å². The highest BCUT2D eigenvalue weighted by Gasteiger charge is 2.35. The number of aromatic nitrogens is 4. The van der Waals surface area contributed by atoms with E-state index in [-0.39, 0.29) is 35.4 Å². The number of hydrogen-bond donors (Lipinski definition) is 2. The van der Waals surface area contributed by atoms with Crippen LogP contribution in [0.25, 0.3) is 33.7 Å². The number of carbonyl (C=O) groups excluding carboxylic acids is 1. The summed E-state index contributed by atoms with van der Waals surface area (Å²) in [4.78, 5) is 23.5. The van der Waals surface area contributed by atoms with Gasteiger partial charge in [0, 0.05) is 36.0 Å². The lowest BCUT2D eigenvalue weighted by Gasteiger charge is -2.32. The fourth-order valence-corrected chi connectivity index (χ4v) is 5.39. The summed E-state index contributed by atoms with van der Waals surface area (Å²) >= 11 is 0. The molecule has 2 aliphatic rings. The van der Waals surface area contributed by atoms with Gasteiger partial charge in [0.05, 0.1) is 31.3 Å². The first-order chi connectivity index (χ1) is 18.4. The lowest BCUT2D eigenvalue weighted by Crippen LogP contribution is -2.39. The van der Waals surface area contributed by atoms with E-state index in [1.807, 2.05) is 17.0 Å². The van der Waals surface area contributed by atoms with Gasteiger partial charge in [-0.25, -0.2) is 18.7 Å². The zero-order valence-corrected chi connectivity index (χ0v) is 20.8. The van der Waals surface area contributed by atoms with E-state index in [9.17, 15) is 18.7 Å². The second kappa shape index (κ2) is 9.32. The fraction of sp³-hybridized carbons (Fsp3) is 0.333. The number of hydrogen-bond acceptors (Lipinski definition) is 7. The van der Waals surface area contributed by atoms with E-state index in [0.29, 0.717) is 41.7 Å². The Balaban J connectivity index is 1.33. The van der Waals surface area contributed by atoms with Crippen molar-refractivity contribution in [1.82, 2.24) is 25.1 Å². The zero-order chi connectivity index (χ0) is 26.6. The molecule has 3 heterocycles. The minimum Gasteiger partial charge on any atom is -0.494 e. The highest BCUT2D eigenvalue weighted by atomic mass is 19.1. The van der Waals surface area contributed by atoms with E-state index in [4.69, 9.17) is 9.47 Å². The Morgan fingerprint density at radius 3 is 2.45 bits per heavy atom. The third kappa shape index (κ3) is 3.85. The van der Waals surface area contributed by atoms with Crippen LogP contribution in [-0.2, 0) is 6.54 Å². The Hall–Kier alpha value is -4.12. The Labute approximate surface area is 216 Å². The van der Waals surface area contributed by atoms with Gasteiger partial charge in [0.1, 0.15) is 5.69 Å². The van der Waals surface area contributed by atoms with E-state index < -0.39 is 17.2 Å². The number of amides is 1. The first-order valence-corrected chi connectivity index (χ1v) is 12.3. The number of benzene rings is 2. The molecule has 1 fully saturated rings. The van der Waals surface area contributed by atoms with Crippen LogP contribution in [0.1, 0.15) is 41.6 Å². The molecule has 0 bridgehead atoms. The van der Waals surface area contributed by atoms with E-state index in [1.165, 1.54) is 20.4 Å². The number of fused-ring (bicyclic) bond motifs is 2. The molecule has 1 saturated carbocycles. The van der Waals surface area contributed by atoms with Crippen LogP contribution in [0.2, 0.25) is 0 Å². The van der Waals surface area contributed by atoms with Crippen LogP contribution in [0, 0.1) is 11.6 Å². The normalized spacial score (nSPS) is 19.2. The van der Waals surface area contributed by atoms with E-state index in [0.717, 1.165) is 30.0 Å². The minimum atomic E-state index is -0.940. The summed E-state index contributed by atoms with van der Waals surface area (Å²) in [5.41, 5.74) is 2.72. The second-order valence-electron chi connectivity index (χ2n) is 9.58. The second-order valence-corrected chi connectivity index (χ2v) is 9.58. The van der Waals surface area contributed by atoms with Gasteiger partial charge in [-0.15, -0.1) is 0 Å². The van der Waals surface area contributed by atoms with Crippen molar-refractivity contribution in [2.24, 2.45) is 0 Å². The number of rotatable bonds is 5. The van der Waals surface area contributed by atoms with E-state index >= 15 is 0 Å². The maximum atomic E-state index is 15.0. The summed E-state index contributed by atoms with van der Waals surface area (Å²) in [5.74, 6) is -2.45. The maximum absolute atomic E-state index is 15.0. The number of methoxy groups -OCH3 is 2. The van der Waals surface area contributed by atoms with Gasteiger partial charge in [-0.05, 0) is 43.4 Å². The lowest BCUT2D eigenvalue weighted by atomic mass is 9.92. The molecule has 4 aromatic rings. The number of carbonyl (C=O) groups is 1. The van der Waals surface area contributed by atoms with Gasteiger partial charge < -0.3 is 19.5 Å². The van der Waals surface area contributed by atoms with Crippen LogP contribution in [-0.4, -0.2) is 62.4 Å². The first kappa shape index (κ1) is 24.2. The highest BCUT2D eigenvalue weighted by molar-refractivity contribution is 6.00. The van der Waals surface area contributed by atoms with Crippen molar-refractivity contribution < 1.29 is 28.2 Å². The third-order valence-corrected chi connectivity index (χ3v) is 7.43. The van der Waals surface area contributed by atoms with Crippen molar-refractivity contribution in [2.75, 3.05) is 14.2 Å². The number of halogens is 2. The first-order valence-electron chi connectivity index (χ1n) is 12.3. The smallest absolute Gasteiger partial charge is 0.254 e. The van der Waals surface area contributed by atoms with Gasteiger partial charge in [-0.3, -0.25) is 9.89 Å². The summed E-state index contributed by atoms with van der Waals surface area (Å²) in [6.45, 7) is 0.502. The Kier molecular flexibility index (Phi) is 5.94. The molecule has 2 aromatic heterocycles. The number of aliphatic hydroxyl groups excluding tert-OH is 1. The van der Waals surface area contributed by atoms with Crippen LogP contribution in [0.5, 0.6) is 11.5 Å². The van der Waals surface area contributed by atoms with Crippen LogP contribution in [0.15, 0.2) is 30.5 Å². The van der Waals surface area contributed by atoms with Crippen LogP contribution in [0.3, 0.4) is 0 Å². The van der Waals surface area contributed by atoms with Gasteiger partial charge in [-0.2, -0.15) is 5.10 Å². The van der Waals surface area contributed by atoms with Crippen LogP contribution in [0.4, 0.5) is 8.78 Å². The number of ether oxygens (including phenoxy) is 2. The van der Waals surface area contributed by atoms with Gasteiger partial charge in [0.25, 0.3) is 5.91 Å². The standard InChI is InChI=1S/C27H25F2N5O4/c1-37-19-10-20(38-2)23(29)21(22(19)28)26-30-11-18-24(32-33-25(18)31-26)13-3-8-17-14(9-13)12-34(27(17)36)15-4-6-16(35)7-5-15/h3,8-11,15-16,35H,4-7,12H2,1-2H3,(H,30,31,32,33)/t15-,16-. The molecule has 196 valence electrons. The number of aliphatic hydroxyl groups is 1. The maximum Gasteiger partial charge on any atom is 0.254 e. The van der Waals surface area contributed by atoms with Gasteiger partial charge in [0.15, 0.2) is 34.6 Å². The molecule has 6 rings (SSSR count). The minimum absolute atomic E-state index is 0.00516. The third-order valence-electron chi connectivity index (χ3n) is 7.43. The Morgan fingerprint density at radius 1 is 1.05 bits per heavy atom. The van der Waals surface area contributed by atoms with Gasteiger partial charge in [0.2, 0.25) is 0 Å². The number of aromatic amines is 1. The molecule has 11 heteroatoms. The van der Waals surface area contributed by atoms with E-state index in [2.05, 4.69) is 20.2 Å². The quantitative estimate of drug-likeness (QED) is 0.404. The molecular formula is C27H25F2N5O4. The summed E-state index contributed by atoms with van der Waals surface area (Å²) in [6.07, 6.45) is 4.16. The Morgan fingerprint density at radius 2 is 1.76 bits per heavy atom. The molecule has 1 amide bonds. The molecular weight excluding hydrogens is 496 g/mol. The summed E-state index contributed by atoms with van der Waals surface area (Å²) < 4.78 is 40.0. The predicted octanol–water partition coefficient (Wildman–Crippen LogP) is 4.24. The van der Waals surface area contributed by atoms with E-state index in [1.54, 1.807) is 6.07 Å². The predicted molar refractivity (Wildman–Crippen MR) is 134 cm³/mol. The van der Waals surface area contributed by atoms with Crippen molar-refractivity contribution in [3.8, 4) is 34.1 Å². The molecule has 1 aliphatic carbocycles. The SMILES string of the molecule is COc1cc(OC)c(F)c(-c2ncc3c(-c4ccc5c(c4)CN([C@H]4CC[C@H](O)CC4)C5=O)n[nH]c3n2)c1F. The van der Waals surface area contributed by atoms with Crippen LogP contribution >= 0.6 is 0 Å². The largest absolute Gasteiger partial charge is 0.494 e. The van der Waals surface area contributed by atoms with Crippen molar-refractivity contribution in [2.45, 2.75) is 44.4 Å². The lowest BCUT2D eigenvalue weighted by molar-refractivity contribution is 0.0519. The Bertz CT molecular complexity index is 1540. The molecule has 1 aliphatic heterocycles. The topological polar surface area (TPSA) is 113 Å². The average molecular weight is 522 g/mol. The molecule has 0 radical (unpaired) electrons. The average Bonchev–Trinajstić information content (AvgIpc) is 3.50. The van der Waals surface area contributed by atoms with Crippen molar-refractivity contribution in [1.29, 1.82) is 0 Å². The summed E-state index contributed by atoms with van der Waals surface area (Å²) in [5, 5.41) is 17.6. The fourth-order valence-electron chi connectivity index (χ4n) is 5.39. The highest BCUT2D eigenvalue weighted by Crippen LogP contribution is 2.38. The number of nitrogens with zero attached hydrogens (tertiary/aromatic N) is 4.